The minimum absolute atomic E-state index is 0.760. The van der Waals surface area contributed by atoms with Crippen LogP contribution in [-0.2, 0) is 9.59 Å². The molecule has 2 nitrogen and oxygen atoms in total. The van der Waals surface area contributed by atoms with Gasteiger partial charge in [-0.15, -0.1) is 0 Å². The van der Waals surface area contributed by atoms with Crippen molar-refractivity contribution < 1.29 is 9.59 Å². The van der Waals surface area contributed by atoms with Gasteiger partial charge in [-0.25, -0.2) is 0 Å². The second kappa shape index (κ2) is 34.9. The zero-order valence-electron chi connectivity index (χ0n) is 22.4. The number of carbonyl (C=O) groups excluding carboxylic acids is 2. The third-order valence-electron chi connectivity index (χ3n) is 6.35. The van der Waals surface area contributed by atoms with Crippen LogP contribution >= 0.6 is 0 Å². The Balaban J connectivity index is 0. The molecule has 0 unspecified atom stereocenters. The Morgan fingerprint density at radius 3 is 0.688 bits per heavy atom. The summed E-state index contributed by atoms with van der Waals surface area (Å²) in [6.45, 7) is 4.53. The van der Waals surface area contributed by atoms with Gasteiger partial charge in [-0.05, 0) is 12.8 Å². The average molecular weight is 453 g/mol. The molecule has 0 atom stereocenters. The molecule has 0 aromatic carbocycles. The van der Waals surface area contributed by atoms with Gasteiger partial charge in [0, 0.05) is 12.8 Å². The molecule has 0 N–H and O–H groups in total. The highest BCUT2D eigenvalue weighted by Gasteiger charge is 1.94. The molecule has 0 amide bonds. The van der Waals surface area contributed by atoms with Gasteiger partial charge in [-0.1, -0.05) is 155 Å². The smallest absolute Gasteiger partial charge is 0.119 e. The molecule has 0 aromatic heterocycles. The average Bonchev–Trinajstić information content (AvgIpc) is 2.81. The first kappa shape index (κ1) is 33.5. The van der Waals surface area contributed by atoms with Crippen molar-refractivity contribution in [2.45, 2.75) is 181 Å². The van der Waals surface area contributed by atoms with Gasteiger partial charge in [0.15, 0.2) is 0 Å². The van der Waals surface area contributed by atoms with Crippen LogP contribution in [0.2, 0.25) is 0 Å². The Morgan fingerprint density at radius 2 is 0.500 bits per heavy atom. The number of hydrogen-bond acceptors (Lipinski definition) is 2. The van der Waals surface area contributed by atoms with Crippen molar-refractivity contribution in [3.05, 3.63) is 0 Å². The molecule has 0 heterocycles. The molecule has 0 aliphatic heterocycles. The van der Waals surface area contributed by atoms with Gasteiger partial charge in [0.1, 0.15) is 12.6 Å². The van der Waals surface area contributed by atoms with Crippen molar-refractivity contribution in [2.24, 2.45) is 0 Å². The van der Waals surface area contributed by atoms with Gasteiger partial charge in [-0.2, -0.15) is 0 Å². The Morgan fingerprint density at radius 1 is 0.312 bits per heavy atom. The van der Waals surface area contributed by atoms with E-state index in [0.29, 0.717) is 0 Å². The molecular weight excluding hydrogens is 392 g/mol. The molecule has 0 bridgehead atoms. The topological polar surface area (TPSA) is 34.1 Å². The van der Waals surface area contributed by atoms with E-state index in [1.54, 1.807) is 0 Å². The molecule has 0 saturated heterocycles. The summed E-state index contributed by atoms with van der Waals surface area (Å²) in [5, 5.41) is 0. The van der Waals surface area contributed by atoms with Gasteiger partial charge in [0.05, 0.1) is 0 Å². The lowest BCUT2D eigenvalue weighted by atomic mass is 10.0. The highest BCUT2D eigenvalue weighted by molar-refractivity contribution is 5.49. The van der Waals surface area contributed by atoms with Crippen LogP contribution in [0.1, 0.15) is 181 Å². The van der Waals surface area contributed by atoms with Gasteiger partial charge in [0.25, 0.3) is 0 Å². The fourth-order valence-corrected chi connectivity index (χ4v) is 4.14. The minimum atomic E-state index is 0.760. The van der Waals surface area contributed by atoms with Gasteiger partial charge in [0.2, 0.25) is 0 Å². The largest absolute Gasteiger partial charge is 0.303 e. The lowest BCUT2D eigenvalue weighted by Gasteiger charge is -2.02. The Bertz CT molecular complexity index is 327. The van der Waals surface area contributed by atoms with E-state index in [4.69, 9.17) is 0 Å². The van der Waals surface area contributed by atoms with Crippen molar-refractivity contribution in [1.29, 1.82) is 0 Å². The van der Waals surface area contributed by atoms with E-state index in [1.807, 2.05) is 0 Å². The lowest BCUT2D eigenvalue weighted by Crippen LogP contribution is -1.83. The highest BCUT2D eigenvalue weighted by atomic mass is 16.1. The number of hydrogen-bond donors (Lipinski definition) is 0. The first-order valence-electron chi connectivity index (χ1n) is 14.7. The van der Waals surface area contributed by atoms with Crippen LogP contribution in [0, 0.1) is 0 Å². The molecule has 0 aromatic rings. The van der Waals surface area contributed by atoms with E-state index >= 15 is 0 Å². The molecule has 0 spiro atoms. The van der Waals surface area contributed by atoms with E-state index in [0.717, 1.165) is 38.3 Å². The van der Waals surface area contributed by atoms with Crippen molar-refractivity contribution in [2.75, 3.05) is 0 Å². The van der Waals surface area contributed by atoms with Gasteiger partial charge in [-0.3, -0.25) is 0 Å². The maximum Gasteiger partial charge on any atom is 0.119 e. The van der Waals surface area contributed by atoms with Crippen LogP contribution in [0.25, 0.3) is 0 Å². The summed E-state index contributed by atoms with van der Waals surface area (Å²) in [7, 11) is 0. The monoisotopic (exact) mass is 452 g/mol. The first-order valence-corrected chi connectivity index (χ1v) is 14.7. The molecule has 32 heavy (non-hydrogen) atoms. The molecule has 0 saturated carbocycles. The second-order valence-electron chi connectivity index (χ2n) is 9.69. The summed E-state index contributed by atoms with van der Waals surface area (Å²) in [6, 6.07) is 0. The van der Waals surface area contributed by atoms with E-state index in [-0.39, 0.29) is 0 Å². The number of carbonyl (C=O) groups is 2. The van der Waals surface area contributed by atoms with Crippen molar-refractivity contribution in [3.63, 3.8) is 0 Å². The fraction of sp³-hybridized carbons (Fsp3) is 0.933. The van der Waals surface area contributed by atoms with E-state index in [2.05, 4.69) is 13.8 Å². The quantitative estimate of drug-likeness (QED) is 0.0965. The summed E-state index contributed by atoms with van der Waals surface area (Å²) in [6.07, 6.45) is 36.3. The molecule has 2 heteroatoms. The lowest BCUT2D eigenvalue weighted by molar-refractivity contribution is -0.108. The van der Waals surface area contributed by atoms with Crippen molar-refractivity contribution in [1.82, 2.24) is 0 Å². The predicted molar refractivity (Wildman–Crippen MR) is 144 cm³/mol. The third kappa shape index (κ3) is 36.7. The summed E-state index contributed by atoms with van der Waals surface area (Å²) < 4.78 is 0. The van der Waals surface area contributed by atoms with Crippen LogP contribution < -0.4 is 0 Å². The minimum Gasteiger partial charge on any atom is -0.303 e. The van der Waals surface area contributed by atoms with Crippen LogP contribution in [0.5, 0.6) is 0 Å². The van der Waals surface area contributed by atoms with Gasteiger partial charge >= 0.3 is 0 Å². The van der Waals surface area contributed by atoms with Crippen molar-refractivity contribution in [3.8, 4) is 0 Å². The zero-order chi connectivity index (χ0) is 23.8. The molecule has 0 radical (unpaired) electrons. The summed E-state index contributed by atoms with van der Waals surface area (Å²) in [4.78, 5) is 20.2. The fourth-order valence-electron chi connectivity index (χ4n) is 4.14. The van der Waals surface area contributed by atoms with E-state index in [1.165, 1.54) is 141 Å². The van der Waals surface area contributed by atoms with Crippen LogP contribution in [0.3, 0.4) is 0 Å². The van der Waals surface area contributed by atoms with Crippen LogP contribution in [0.15, 0.2) is 0 Å². The summed E-state index contributed by atoms with van der Waals surface area (Å²) in [5.41, 5.74) is 0. The Labute approximate surface area is 203 Å². The Hall–Kier alpha value is -0.660. The first-order chi connectivity index (χ1) is 15.8. The number of unbranched alkanes of at least 4 members (excludes halogenated alkanes) is 24. The Kier molecular flexibility index (Phi) is 36.6. The van der Waals surface area contributed by atoms with Crippen molar-refractivity contribution >= 4 is 12.6 Å². The summed E-state index contributed by atoms with van der Waals surface area (Å²) >= 11 is 0. The molecule has 0 aliphatic rings. The maximum atomic E-state index is 10.1. The molecule has 0 fully saturated rings. The second-order valence-corrected chi connectivity index (χ2v) is 9.69. The SMILES string of the molecule is CCCCCCCCCCCC=O.CCCCCCCCCCCCCCCCCC=O. The number of aldehydes is 2. The highest BCUT2D eigenvalue weighted by Crippen LogP contribution is 2.13. The molecule has 0 aliphatic carbocycles. The summed E-state index contributed by atoms with van der Waals surface area (Å²) in [5.74, 6) is 0. The third-order valence-corrected chi connectivity index (χ3v) is 6.35. The predicted octanol–water partition coefficient (Wildman–Crippen LogP) is 10.6. The molecule has 192 valence electrons. The standard InChI is InChI=1S/C18H36O.C12H24O/c1-2-3-4-5-6-7-8-9-10-11-12-13-14-15-16-17-18-19;1-2-3-4-5-6-7-8-9-10-11-12-13/h18H,2-17H2,1H3;12H,2-11H2,1H3. The number of rotatable bonds is 26. The van der Waals surface area contributed by atoms with Crippen LogP contribution in [0.4, 0.5) is 0 Å². The van der Waals surface area contributed by atoms with Gasteiger partial charge < -0.3 is 9.59 Å². The molecular formula is C30H60O2. The van der Waals surface area contributed by atoms with E-state index < -0.39 is 0 Å². The normalized spacial score (nSPS) is 10.6. The maximum absolute atomic E-state index is 10.1. The molecule has 0 rings (SSSR count). The zero-order valence-corrected chi connectivity index (χ0v) is 22.4. The van der Waals surface area contributed by atoms with E-state index in [9.17, 15) is 9.59 Å². The van der Waals surface area contributed by atoms with Crippen LogP contribution in [-0.4, -0.2) is 12.6 Å².